The Kier molecular flexibility index (Phi) is 5.43. The zero-order valence-corrected chi connectivity index (χ0v) is 14.4. The number of halogens is 1. The standard InChI is InChI=1S/C18H20ClN3O2/c1-24-12-16(23)22-9-3-5-14(11-22)18-17(20-7-8-21-18)13-4-2-6-15(19)10-13/h2,4,6-8,10,14H,3,5,9,11-12H2,1H3/t14-/m0/s1. The smallest absolute Gasteiger partial charge is 0.248 e. The average molecular weight is 346 g/mol. The molecule has 1 amide bonds. The van der Waals surface area contributed by atoms with Crippen molar-refractivity contribution in [3.05, 3.63) is 47.4 Å². The highest BCUT2D eigenvalue weighted by Crippen LogP contribution is 2.32. The molecule has 126 valence electrons. The fourth-order valence-corrected chi connectivity index (χ4v) is 3.34. The molecule has 2 heterocycles. The third-order valence-corrected chi connectivity index (χ3v) is 4.49. The highest BCUT2D eigenvalue weighted by Gasteiger charge is 2.27. The van der Waals surface area contributed by atoms with Gasteiger partial charge in [-0.1, -0.05) is 23.7 Å². The third-order valence-electron chi connectivity index (χ3n) is 4.25. The fourth-order valence-electron chi connectivity index (χ4n) is 3.15. The summed E-state index contributed by atoms with van der Waals surface area (Å²) in [6, 6.07) is 7.63. The molecule has 0 N–H and O–H groups in total. The van der Waals surface area contributed by atoms with Crippen LogP contribution in [0.25, 0.3) is 11.3 Å². The van der Waals surface area contributed by atoms with Gasteiger partial charge in [0.1, 0.15) is 6.61 Å². The number of ether oxygens (including phenoxy) is 1. The molecule has 0 unspecified atom stereocenters. The van der Waals surface area contributed by atoms with Gasteiger partial charge in [0.2, 0.25) is 5.91 Å². The predicted molar refractivity (Wildman–Crippen MR) is 92.9 cm³/mol. The topological polar surface area (TPSA) is 55.3 Å². The highest BCUT2D eigenvalue weighted by atomic mass is 35.5. The first-order valence-corrected chi connectivity index (χ1v) is 8.40. The van der Waals surface area contributed by atoms with Gasteiger partial charge in [-0.05, 0) is 25.0 Å². The summed E-state index contributed by atoms with van der Waals surface area (Å²) in [5.41, 5.74) is 2.71. The van der Waals surface area contributed by atoms with Gasteiger partial charge in [0.15, 0.2) is 0 Å². The molecule has 1 aromatic carbocycles. The van der Waals surface area contributed by atoms with Crippen molar-refractivity contribution in [1.29, 1.82) is 0 Å². The first-order valence-electron chi connectivity index (χ1n) is 8.02. The van der Waals surface area contributed by atoms with E-state index < -0.39 is 0 Å². The number of nitrogens with zero attached hydrogens (tertiary/aromatic N) is 3. The van der Waals surface area contributed by atoms with Crippen LogP contribution in [0.15, 0.2) is 36.7 Å². The SMILES string of the molecule is COCC(=O)N1CCC[C@H](c2nccnc2-c2cccc(Cl)c2)C1. The Balaban J connectivity index is 1.88. The van der Waals surface area contributed by atoms with E-state index in [2.05, 4.69) is 9.97 Å². The number of aromatic nitrogens is 2. The number of carbonyl (C=O) groups is 1. The van der Waals surface area contributed by atoms with E-state index in [1.807, 2.05) is 29.2 Å². The second kappa shape index (κ2) is 7.73. The number of benzene rings is 1. The van der Waals surface area contributed by atoms with Crippen molar-refractivity contribution in [3.63, 3.8) is 0 Å². The maximum Gasteiger partial charge on any atom is 0.248 e. The molecule has 3 rings (SSSR count). The molecule has 0 saturated carbocycles. The van der Waals surface area contributed by atoms with Crippen LogP contribution in [-0.4, -0.2) is 47.6 Å². The van der Waals surface area contributed by atoms with Gasteiger partial charge in [0.05, 0.1) is 11.4 Å². The van der Waals surface area contributed by atoms with Gasteiger partial charge in [0.25, 0.3) is 0 Å². The van der Waals surface area contributed by atoms with Crippen LogP contribution in [0.3, 0.4) is 0 Å². The molecule has 5 nitrogen and oxygen atoms in total. The van der Waals surface area contributed by atoms with E-state index in [1.165, 1.54) is 0 Å². The summed E-state index contributed by atoms with van der Waals surface area (Å²) in [4.78, 5) is 23.1. The summed E-state index contributed by atoms with van der Waals surface area (Å²) in [5, 5.41) is 0.671. The van der Waals surface area contributed by atoms with E-state index in [-0.39, 0.29) is 18.4 Å². The first kappa shape index (κ1) is 16.9. The maximum absolute atomic E-state index is 12.1. The summed E-state index contributed by atoms with van der Waals surface area (Å²) in [6.07, 6.45) is 5.34. The van der Waals surface area contributed by atoms with Gasteiger partial charge in [-0.25, -0.2) is 0 Å². The van der Waals surface area contributed by atoms with Gasteiger partial charge in [0, 0.05) is 49.1 Å². The lowest BCUT2D eigenvalue weighted by Gasteiger charge is -2.33. The Morgan fingerprint density at radius 3 is 3.00 bits per heavy atom. The van der Waals surface area contributed by atoms with E-state index in [1.54, 1.807) is 19.5 Å². The van der Waals surface area contributed by atoms with Gasteiger partial charge in [-0.3, -0.25) is 14.8 Å². The van der Waals surface area contributed by atoms with Crippen LogP contribution in [0.1, 0.15) is 24.5 Å². The van der Waals surface area contributed by atoms with Crippen LogP contribution in [0.4, 0.5) is 0 Å². The largest absolute Gasteiger partial charge is 0.375 e. The summed E-state index contributed by atoms with van der Waals surface area (Å²) in [7, 11) is 1.54. The number of likely N-dealkylation sites (tertiary alicyclic amines) is 1. The fraction of sp³-hybridized carbons (Fsp3) is 0.389. The van der Waals surface area contributed by atoms with Crippen LogP contribution >= 0.6 is 11.6 Å². The van der Waals surface area contributed by atoms with E-state index in [9.17, 15) is 4.79 Å². The molecule has 6 heteroatoms. The maximum atomic E-state index is 12.1. The van der Waals surface area contributed by atoms with Gasteiger partial charge in [-0.2, -0.15) is 0 Å². The van der Waals surface area contributed by atoms with Crippen molar-refractivity contribution in [3.8, 4) is 11.3 Å². The van der Waals surface area contributed by atoms with Crippen molar-refractivity contribution < 1.29 is 9.53 Å². The van der Waals surface area contributed by atoms with Gasteiger partial charge < -0.3 is 9.64 Å². The molecule has 1 atom stereocenters. The van der Waals surface area contributed by atoms with Crippen LogP contribution < -0.4 is 0 Å². The normalized spacial score (nSPS) is 17.8. The molecular weight excluding hydrogens is 326 g/mol. The van der Waals surface area contributed by atoms with Gasteiger partial charge in [-0.15, -0.1) is 0 Å². The molecule has 0 bridgehead atoms. The lowest BCUT2D eigenvalue weighted by atomic mass is 9.91. The summed E-state index contributed by atoms with van der Waals surface area (Å²) >= 11 is 6.12. The minimum Gasteiger partial charge on any atom is -0.375 e. The molecule has 1 aromatic heterocycles. The number of hydrogen-bond acceptors (Lipinski definition) is 4. The molecule has 2 aromatic rings. The molecule has 1 aliphatic heterocycles. The zero-order valence-electron chi connectivity index (χ0n) is 13.6. The Morgan fingerprint density at radius 1 is 1.38 bits per heavy atom. The highest BCUT2D eigenvalue weighted by molar-refractivity contribution is 6.30. The molecule has 0 aliphatic carbocycles. The van der Waals surface area contributed by atoms with Gasteiger partial charge >= 0.3 is 0 Å². The Morgan fingerprint density at radius 2 is 2.21 bits per heavy atom. The lowest BCUT2D eigenvalue weighted by Crippen LogP contribution is -2.41. The van der Waals surface area contributed by atoms with Crippen LogP contribution in [0.2, 0.25) is 5.02 Å². The lowest BCUT2D eigenvalue weighted by molar-refractivity contribution is -0.136. The van der Waals surface area contributed by atoms with E-state index in [4.69, 9.17) is 16.3 Å². The van der Waals surface area contributed by atoms with Crippen molar-refractivity contribution in [2.45, 2.75) is 18.8 Å². The van der Waals surface area contributed by atoms with Crippen molar-refractivity contribution in [1.82, 2.24) is 14.9 Å². The Bertz CT molecular complexity index is 723. The van der Waals surface area contributed by atoms with Crippen LogP contribution in [0.5, 0.6) is 0 Å². The molecule has 1 aliphatic rings. The molecule has 0 radical (unpaired) electrons. The number of methoxy groups -OCH3 is 1. The van der Waals surface area contributed by atoms with Crippen LogP contribution in [-0.2, 0) is 9.53 Å². The summed E-state index contributed by atoms with van der Waals surface area (Å²) in [6.45, 7) is 1.54. The number of rotatable bonds is 4. The average Bonchev–Trinajstić information content (AvgIpc) is 2.62. The first-order chi connectivity index (χ1) is 11.7. The van der Waals surface area contributed by atoms with E-state index in [0.717, 1.165) is 36.3 Å². The molecule has 1 fully saturated rings. The minimum atomic E-state index is 0.0235. The Labute approximate surface area is 146 Å². The molecule has 1 saturated heterocycles. The monoisotopic (exact) mass is 345 g/mol. The number of amides is 1. The van der Waals surface area contributed by atoms with Crippen molar-refractivity contribution >= 4 is 17.5 Å². The molecule has 0 spiro atoms. The van der Waals surface area contributed by atoms with E-state index in [0.29, 0.717) is 11.6 Å². The summed E-state index contributed by atoms with van der Waals surface area (Å²) < 4.78 is 4.97. The van der Waals surface area contributed by atoms with Crippen molar-refractivity contribution in [2.75, 3.05) is 26.8 Å². The minimum absolute atomic E-state index is 0.0235. The zero-order chi connectivity index (χ0) is 16.9. The molecular formula is C18H20ClN3O2. The quantitative estimate of drug-likeness (QED) is 0.854. The summed E-state index contributed by atoms with van der Waals surface area (Å²) in [5.74, 6) is 0.192. The number of piperidine rings is 1. The predicted octanol–water partition coefficient (Wildman–Crippen LogP) is 3.15. The number of carbonyl (C=O) groups excluding carboxylic acids is 1. The third kappa shape index (κ3) is 3.74. The second-order valence-corrected chi connectivity index (χ2v) is 6.35. The second-order valence-electron chi connectivity index (χ2n) is 5.91. The van der Waals surface area contributed by atoms with Crippen molar-refractivity contribution in [2.24, 2.45) is 0 Å². The Hall–Kier alpha value is -1.98. The molecule has 24 heavy (non-hydrogen) atoms. The van der Waals surface area contributed by atoms with Crippen LogP contribution in [0, 0.1) is 0 Å². The van der Waals surface area contributed by atoms with E-state index >= 15 is 0 Å². The number of hydrogen-bond donors (Lipinski definition) is 0.